The summed E-state index contributed by atoms with van der Waals surface area (Å²) >= 11 is 0. The van der Waals surface area contributed by atoms with E-state index < -0.39 is 17.0 Å². The molecule has 1 saturated heterocycles. The lowest BCUT2D eigenvalue weighted by Crippen LogP contribution is -2.55. The predicted molar refractivity (Wildman–Crippen MR) is 83.8 cm³/mol. The van der Waals surface area contributed by atoms with Crippen LogP contribution in [-0.2, 0) is 15.1 Å². The topological polar surface area (TPSA) is 47.9 Å². The van der Waals surface area contributed by atoms with Gasteiger partial charge in [0.15, 0.2) is 5.79 Å². The van der Waals surface area contributed by atoms with Gasteiger partial charge in [0.1, 0.15) is 17.0 Å². The molecular formula is C18H26O4. The molecule has 2 fully saturated rings. The van der Waals surface area contributed by atoms with Crippen LogP contribution in [0.15, 0.2) is 24.3 Å². The molecular weight excluding hydrogens is 280 g/mol. The third kappa shape index (κ3) is 2.53. The average molecular weight is 306 g/mol. The molecule has 122 valence electrons. The van der Waals surface area contributed by atoms with Crippen LogP contribution in [0.4, 0.5) is 0 Å². The zero-order valence-electron chi connectivity index (χ0n) is 13.7. The van der Waals surface area contributed by atoms with Crippen molar-refractivity contribution in [1.29, 1.82) is 0 Å². The summed E-state index contributed by atoms with van der Waals surface area (Å²) in [6.07, 6.45) is 4.72. The highest BCUT2D eigenvalue weighted by Crippen LogP contribution is 2.51. The summed E-state index contributed by atoms with van der Waals surface area (Å²) in [5.41, 5.74) is -0.722. The normalized spacial score (nSPS) is 30.2. The maximum Gasteiger partial charge on any atom is 0.164 e. The third-order valence-corrected chi connectivity index (χ3v) is 5.03. The second-order valence-electron chi connectivity index (χ2n) is 6.94. The summed E-state index contributed by atoms with van der Waals surface area (Å²) in [4.78, 5) is 0. The van der Waals surface area contributed by atoms with E-state index in [1.807, 2.05) is 38.1 Å². The van der Waals surface area contributed by atoms with Gasteiger partial charge in [0, 0.05) is 0 Å². The van der Waals surface area contributed by atoms with E-state index in [9.17, 15) is 5.11 Å². The lowest BCUT2D eigenvalue weighted by molar-refractivity contribution is -0.227. The maximum atomic E-state index is 11.4. The van der Waals surface area contributed by atoms with Crippen LogP contribution in [0, 0.1) is 0 Å². The second-order valence-corrected chi connectivity index (χ2v) is 6.94. The van der Waals surface area contributed by atoms with E-state index in [2.05, 4.69) is 0 Å². The van der Waals surface area contributed by atoms with Crippen molar-refractivity contribution in [1.82, 2.24) is 0 Å². The van der Waals surface area contributed by atoms with E-state index in [0.29, 0.717) is 6.61 Å². The lowest BCUT2D eigenvalue weighted by atomic mass is 9.70. The minimum atomic E-state index is -0.881. The first-order valence-corrected chi connectivity index (χ1v) is 8.12. The van der Waals surface area contributed by atoms with Crippen molar-refractivity contribution in [3.63, 3.8) is 0 Å². The van der Waals surface area contributed by atoms with Crippen molar-refractivity contribution in [3.8, 4) is 5.75 Å². The van der Waals surface area contributed by atoms with Crippen LogP contribution in [0.3, 0.4) is 0 Å². The highest BCUT2D eigenvalue weighted by atomic mass is 16.8. The van der Waals surface area contributed by atoms with Gasteiger partial charge in [0.05, 0.1) is 13.7 Å². The standard InChI is InChI=1S/C18H26O4/c1-16(2)21-13-18(22-16,17(19)11-5-4-6-12-17)14-7-9-15(20-3)10-8-14/h7-10,19H,4-6,11-13H2,1-3H3. The largest absolute Gasteiger partial charge is 0.497 e. The van der Waals surface area contributed by atoms with Gasteiger partial charge < -0.3 is 19.3 Å². The van der Waals surface area contributed by atoms with Gasteiger partial charge in [0.2, 0.25) is 0 Å². The molecule has 1 aliphatic heterocycles. The molecule has 2 aliphatic rings. The molecule has 3 rings (SSSR count). The zero-order chi connectivity index (χ0) is 15.8. The first kappa shape index (κ1) is 15.8. The van der Waals surface area contributed by atoms with Gasteiger partial charge in [-0.15, -0.1) is 0 Å². The van der Waals surface area contributed by atoms with E-state index in [1.165, 1.54) is 6.42 Å². The average Bonchev–Trinajstić information content (AvgIpc) is 2.86. The summed E-state index contributed by atoms with van der Waals surface area (Å²) in [6, 6.07) is 7.79. The molecule has 1 aromatic carbocycles. The molecule has 1 unspecified atom stereocenters. The molecule has 22 heavy (non-hydrogen) atoms. The van der Waals surface area contributed by atoms with E-state index in [4.69, 9.17) is 14.2 Å². The van der Waals surface area contributed by atoms with Crippen LogP contribution in [0.25, 0.3) is 0 Å². The first-order valence-electron chi connectivity index (χ1n) is 8.12. The lowest BCUT2D eigenvalue weighted by Gasteiger charge is -2.46. The van der Waals surface area contributed by atoms with Gasteiger partial charge in [-0.25, -0.2) is 0 Å². The van der Waals surface area contributed by atoms with Crippen molar-refractivity contribution in [2.24, 2.45) is 0 Å². The summed E-state index contributed by atoms with van der Waals surface area (Å²) in [7, 11) is 1.65. The van der Waals surface area contributed by atoms with Gasteiger partial charge in [-0.2, -0.15) is 0 Å². The molecule has 4 nitrogen and oxygen atoms in total. The Morgan fingerprint density at radius 1 is 1.05 bits per heavy atom. The predicted octanol–water partition coefficient (Wildman–Crippen LogP) is 3.37. The van der Waals surface area contributed by atoms with Crippen molar-refractivity contribution < 1.29 is 19.3 Å². The Morgan fingerprint density at radius 3 is 2.18 bits per heavy atom. The summed E-state index contributed by atoms with van der Waals surface area (Å²) in [5.74, 6) is 0.111. The Morgan fingerprint density at radius 2 is 1.68 bits per heavy atom. The molecule has 0 bridgehead atoms. The summed E-state index contributed by atoms with van der Waals surface area (Å²) < 4.78 is 17.4. The van der Waals surface area contributed by atoms with Gasteiger partial charge >= 0.3 is 0 Å². The Balaban J connectivity index is 2.03. The molecule has 1 heterocycles. The number of hydrogen-bond acceptors (Lipinski definition) is 4. The van der Waals surface area contributed by atoms with E-state index in [-0.39, 0.29) is 0 Å². The van der Waals surface area contributed by atoms with E-state index in [0.717, 1.165) is 37.0 Å². The SMILES string of the molecule is COc1ccc(C2(C3(O)CCCCC3)COC(C)(C)O2)cc1. The van der Waals surface area contributed by atoms with Crippen LogP contribution >= 0.6 is 0 Å². The van der Waals surface area contributed by atoms with E-state index in [1.54, 1.807) is 7.11 Å². The zero-order valence-corrected chi connectivity index (χ0v) is 13.7. The first-order chi connectivity index (χ1) is 10.4. The van der Waals surface area contributed by atoms with Gasteiger partial charge in [-0.1, -0.05) is 31.4 Å². The Kier molecular flexibility index (Phi) is 3.96. The number of hydrogen-bond donors (Lipinski definition) is 1. The molecule has 1 N–H and O–H groups in total. The smallest absolute Gasteiger partial charge is 0.164 e. The molecule has 0 aromatic heterocycles. The molecule has 0 radical (unpaired) electrons. The Hall–Kier alpha value is -1.10. The summed E-state index contributed by atoms with van der Waals surface area (Å²) in [6.45, 7) is 4.19. The highest BCUT2D eigenvalue weighted by Gasteiger charge is 2.59. The molecule has 4 heteroatoms. The van der Waals surface area contributed by atoms with Crippen LogP contribution in [0.2, 0.25) is 0 Å². The van der Waals surface area contributed by atoms with Gasteiger partial charge in [-0.05, 0) is 44.4 Å². The number of rotatable bonds is 3. The highest BCUT2D eigenvalue weighted by molar-refractivity contribution is 5.34. The number of aliphatic hydroxyl groups is 1. The maximum absolute atomic E-state index is 11.4. The second kappa shape index (κ2) is 5.52. The fourth-order valence-electron chi connectivity index (χ4n) is 3.79. The monoisotopic (exact) mass is 306 g/mol. The van der Waals surface area contributed by atoms with E-state index >= 15 is 0 Å². The molecule has 1 saturated carbocycles. The van der Waals surface area contributed by atoms with Crippen molar-refractivity contribution in [2.75, 3.05) is 13.7 Å². The minimum Gasteiger partial charge on any atom is -0.497 e. The van der Waals surface area contributed by atoms with Crippen LogP contribution < -0.4 is 4.74 Å². The van der Waals surface area contributed by atoms with Gasteiger partial charge in [0.25, 0.3) is 0 Å². The third-order valence-electron chi connectivity index (χ3n) is 5.03. The Labute approximate surface area is 132 Å². The van der Waals surface area contributed by atoms with Crippen molar-refractivity contribution in [2.45, 2.75) is 62.9 Å². The number of ether oxygens (including phenoxy) is 3. The molecule has 1 atom stereocenters. The molecule has 0 spiro atoms. The van der Waals surface area contributed by atoms with Crippen molar-refractivity contribution in [3.05, 3.63) is 29.8 Å². The van der Waals surface area contributed by atoms with Crippen molar-refractivity contribution >= 4 is 0 Å². The molecule has 0 amide bonds. The summed E-state index contributed by atoms with van der Waals surface area (Å²) in [5, 5.41) is 11.4. The minimum absolute atomic E-state index is 0.378. The van der Waals surface area contributed by atoms with Crippen LogP contribution in [-0.4, -0.2) is 30.2 Å². The fourth-order valence-corrected chi connectivity index (χ4v) is 3.79. The van der Waals surface area contributed by atoms with Crippen LogP contribution in [0.5, 0.6) is 5.75 Å². The fraction of sp³-hybridized carbons (Fsp3) is 0.667. The Bertz CT molecular complexity index is 516. The number of methoxy groups -OCH3 is 1. The number of benzene rings is 1. The van der Waals surface area contributed by atoms with Crippen LogP contribution in [0.1, 0.15) is 51.5 Å². The molecule has 1 aromatic rings. The van der Waals surface area contributed by atoms with Gasteiger partial charge in [-0.3, -0.25) is 0 Å². The quantitative estimate of drug-likeness (QED) is 0.930. The molecule has 1 aliphatic carbocycles.